The fourth-order valence-corrected chi connectivity index (χ4v) is 3.48. The third kappa shape index (κ3) is 4.03. The molecule has 0 amide bonds. The number of hydrogen-bond acceptors (Lipinski definition) is 3. The van der Waals surface area contributed by atoms with Gasteiger partial charge in [-0.25, -0.2) is 0 Å². The molecule has 1 aromatic rings. The van der Waals surface area contributed by atoms with Gasteiger partial charge < -0.3 is 5.32 Å². The summed E-state index contributed by atoms with van der Waals surface area (Å²) < 4.78 is 0. The van der Waals surface area contributed by atoms with Crippen molar-refractivity contribution in [2.45, 2.75) is 58.2 Å². The highest BCUT2D eigenvalue weighted by atomic mass is 15.2. The molecule has 0 radical (unpaired) electrons. The predicted octanol–water partition coefficient (Wildman–Crippen LogP) is 3.07. The van der Waals surface area contributed by atoms with Crippen LogP contribution < -0.4 is 5.32 Å². The maximum Gasteiger partial charge on any atom is 0.0271 e. The molecule has 0 saturated heterocycles. The Hall–Kier alpha value is -0.930. The Bertz CT molecular complexity index is 379. The number of likely N-dealkylation sites (N-methyl/N-ethyl adjacent to an activating group) is 2. The average Bonchev–Trinajstić information content (AvgIpc) is 2.49. The van der Waals surface area contributed by atoms with Gasteiger partial charge in [0.05, 0.1) is 0 Å². The fourth-order valence-electron chi connectivity index (χ4n) is 3.48. The van der Waals surface area contributed by atoms with Crippen LogP contribution in [0.3, 0.4) is 0 Å². The molecule has 1 aliphatic carbocycles. The molecule has 1 aromatic heterocycles. The lowest BCUT2D eigenvalue weighted by atomic mass is 9.80. The van der Waals surface area contributed by atoms with Gasteiger partial charge in [0, 0.05) is 31.0 Å². The van der Waals surface area contributed by atoms with Gasteiger partial charge in [0.2, 0.25) is 0 Å². The molecule has 0 aliphatic heterocycles. The van der Waals surface area contributed by atoms with Crippen LogP contribution >= 0.6 is 0 Å². The van der Waals surface area contributed by atoms with Gasteiger partial charge in [0.15, 0.2) is 0 Å². The second kappa shape index (κ2) is 7.75. The van der Waals surface area contributed by atoms with Crippen LogP contribution in [0.5, 0.6) is 0 Å². The Labute approximate surface area is 123 Å². The molecule has 0 bridgehead atoms. The van der Waals surface area contributed by atoms with Gasteiger partial charge in [-0.3, -0.25) is 9.88 Å². The summed E-state index contributed by atoms with van der Waals surface area (Å²) in [5, 5.41) is 3.69. The van der Waals surface area contributed by atoms with Gasteiger partial charge in [-0.05, 0) is 56.5 Å². The molecule has 1 aliphatic rings. The van der Waals surface area contributed by atoms with Gasteiger partial charge in [-0.1, -0.05) is 20.3 Å². The molecule has 2 rings (SSSR count). The number of pyridine rings is 1. The van der Waals surface area contributed by atoms with E-state index in [1.165, 1.54) is 31.2 Å². The van der Waals surface area contributed by atoms with E-state index in [0.29, 0.717) is 12.1 Å². The van der Waals surface area contributed by atoms with Crippen molar-refractivity contribution in [2.75, 3.05) is 13.6 Å². The largest absolute Gasteiger partial charge is 0.313 e. The topological polar surface area (TPSA) is 28.2 Å². The molecule has 3 heteroatoms. The maximum atomic E-state index is 4.10. The summed E-state index contributed by atoms with van der Waals surface area (Å²) >= 11 is 0. The van der Waals surface area contributed by atoms with E-state index in [0.717, 1.165) is 19.0 Å². The van der Waals surface area contributed by atoms with Gasteiger partial charge in [0.25, 0.3) is 0 Å². The molecular weight excluding hydrogens is 246 g/mol. The van der Waals surface area contributed by atoms with Crippen molar-refractivity contribution in [2.24, 2.45) is 5.92 Å². The second-order valence-corrected chi connectivity index (χ2v) is 6.09. The molecule has 3 atom stereocenters. The first kappa shape index (κ1) is 15.5. The maximum absolute atomic E-state index is 4.10. The highest BCUT2D eigenvalue weighted by Gasteiger charge is 2.31. The van der Waals surface area contributed by atoms with Crippen molar-refractivity contribution in [1.82, 2.24) is 15.2 Å². The monoisotopic (exact) mass is 275 g/mol. The Morgan fingerprint density at radius 1 is 1.25 bits per heavy atom. The molecule has 1 N–H and O–H groups in total. The lowest BCUT2D eigenvalue weighted by Crippen LogP contribution is -2.51. The van der Waals surface area contributed by atoms with Gasteiger partial charge >= 0.3 is 0 Å². The normalized spacial score (nSPS) is 26.9. The van der Waals surface area contributed by atoms with Crippen molar-refractivity contribution in [3.8, 4) is 0 Å². The van der Waals surface area contributed by atoms with Crippen LogP contribution in [0.25, 0.3) is 0 Å². The SMILES string of the molecule is CCNC1CCC(CC)CC1N(C)Cc1ccncc1. The van der Waals surface area contributed by atoms with Crippen LogP contribution in [0.2, 0.25) is 0 Å². The van der Waals surface area contributed by atoms with E-state index >= 15 is 0 Å². The standard InChI is InChI=1S/C17H29N3/c1-4-14-6-7-16(19-5-2)17(12-14)20(3)13-15-8-10-18-11-9-15/h8-11,14,16-17,19H,4-7,12-13H2,1-3H3. The third-order valence-corrected chi connectivity index (χ3v) is 4.72. The zero-order valence-electron chi connectivity index (χ0n) is 13.2. The predicted molar refractivity (Wildman–Crippen MR) is 84.6 cm³/mol. The average molecular weight is 275 g/mol. The van der Waals surface area contributed by atoms with Crippen LogP contribution in [0, 0.1) is 5.92 Å². The number of rotatable bonds is 6. The summed E-state index contributed by atoms with van der Waals surface area (Å²) in [6.07, 6.45) is 9.13. The highest BCUT2D eigenvalue weighted by Crippen LogP contribution is 2.30. The number of nitrogens with zero attached hydrogens (tertiary/aromatic N) is 2. The van der Waals surface area contributed by atoms with E-state index in [1.54, 1.807) is 0 Å². The molecule has 112 valence electrons. The lowest BCUT2D eigenvalue weighted by Gasteiger charge is -2.41. The summed E-state index contributed by atoms with van der Waals surface area (Å²) in [6, 6.07) is 5.55. The van der Waals surface area contributed by atoms with Crippen molar-refractivity contribution in [1.29, 1.82) is 0 Å². The molecule has 0 spiro atoms. The fraction of sp³-hybridized carbons (Fsp3) is 0.706. The smallest absolute Gasteiger partial charge is 0.0271 e. The summed E-state index contributed by atoms with van der Waals surface area (Å²) in [5.74, 6) is 0.898. The Morgan fingerprint density at radius 3 is 2.65 bits per heavy atom. The number of nitrogens with one attached hydrogen (secondary N) is 1. The first-order valence-corrected chi connectivity index (χ1v) is 8.07. The molecule has 1 heterocycles. The Morgan fingerprint density at radius 2 is 2.00 bits per heavy atom. The molecule has 20 heavy (non-hydrogen) atoms. The van der Waals surface area contributed by atoms with Crippen LogP contribution in [0.4, 0.5) is 0 Å². The van der Waals surface area contributed by atoms with Crippen LogP contribution in [0.1, 0.15) is 45.1 Å². The number of aromatic nitrogens is 1. The quantitative estimate of drug-likeness (QED) is 0.865. The Kier molecular flexibility index (Phi) is 5.99. The minimum atomic E-state index is 0.648. The van der Waals surface area contributed by atoms with E-state index < -0.39 is 0 Å². The van der Waals surface area contributed by atoms with Crippen molar-refractivity contribution in [3.05, 3.63) is 30.1 Å². The Balaban J connectivity index is 2.01. The van der Waals surface area contributed by atoms with E-state index in [2.05, 4.69) is 48.2 Å². The summed E-state index contributed by atoms with van der Waals surface area (Å²) in [6.45, 7) is 6.64. The number of hydrogen-bond donors (Lipinski definition) is 1. The minimum Gasteiger partial charge on any atom is -0.313 e. The van der Waals surface area contributed by atoms with Gasteiger partial charge in [-0.15, -0.1) is 0 Å². The molecule has 3 nitrogen and oxygen atoms in total. The van der Waals surface area contributed by atoms with Gasteiger partial charge in [0.1, 0.15) is 0 Å². The zero-order valence-corrected chi connectivity index (χ0v) is 13.2. The minimum absolute atomic E-state index is 0.648. The second-order valence-electron chi connectivity index (χ2n) is 6.09. The van der Waals surface area contributed by atoms with Crippen molar-refractivity contribution >= 4 is 0 Å². The molecular formula is C17H29N3. The summed E-state index contributed by atoms with van der Waals surface area (Å²) in [5.41, 5.74) is 1.36. The van der Waals surface area contributed by atoms with E-state index in [9.17, 15) is 0 Å². The highest BCUT2D eigenvalue weighted by molar-refractivity contribution is 5.09. The first-order chi connectivity index (χ1) is 9.74. The molecule has 3 unspecified atom stereocenters. The summed E-state index contributed by atoms with van der Waals surface area (Å²) in [4.78, 5) is 6.64. The third-order valence-electron chi connectivity index (χ3n) is 4.72. The van der Waals surface area contributed by atoms with Crippen molar-refractivity contribution in [3.63, 3.8) is 0 Å². The van der Waals surface area contributed by atoms with Crippen LogP contribution in [-0.4, -0.2) is 35.6 Å². The van der Waals surface area contributed by atoms with Crippen molar-refractivity contribution < 1.29 is 0 Å². The lowest BCUT2D eigenvalue weighted by molar-refractivity contribution is 0.113. The molecule has 0 aromatic carbocycles. The van der Waals surface area contributed by atoms with Gasteiger partial charge in [-0.2, -0.15) is 0 Å². The zero-order chi connectivity index (χ0) is 14.4. The first-order valence-electron chi connectivity index (χ1n) is 8.07. The summed E-state index contributed by atoms with van der Waals surface area (Å²) in [7, 11) is 2.27. The van der Waals surface area contributed by atoms with E-state index in [-0.39, 0.29) is 0 Å². The van der Waals surface area contributed by atoms with Crippen LogP contribution in [-0.2, 0) is 6.54 Å². The molecule has 1 fully saturated rings. The molecule has 1 saturated carbocycles. The van der Waals surface area contributed by atoms with Crippen LogP contribution in [0.15, 0.2) is 24.5 Å². The van der Waals surface area contributed by atoms with E-state index in [1.807, 2.05) is 12.4 Å². The van der Waals surface area contributed by atoms with E-state index in [4.69, 9.17) is 0 Å².